The first-order valence-electron chi connectivity index (χ1n) is 15.1. The smallest absolute Gasteiger partial charge is 0.354 e. The van der Waals surface area contributed by atoms with E-state index in [0.717, 1.165) is 22.6 Å². The fourth-order valence-corrected chi connectivity index (χ4v) is 7.17. The van der Waals surface area contributed by atoms with Crippen LogP contribution in [0.2, 0.25) is 15.1 Å². The van der Waals surface area contributed by atoms with E-state index in [2.05, 4.69) is 5.32 Å². The molecule has 2 amide bonds. The third-order valence-electron chi connectivity index (χ3n) is 7.64. The number of hydrogen-bond donors (Lipinski definition) is 1. The first-order valence-corrected chi connectivity index (χ1v) is 17.7. The monoisotopic (exact) mass is 753 g/mol. The summed E-state index contributed by atoms with van der Waals surface area (Å²) in [4.78, 5) is 29.2. The molecule has 4 rings (SSSR count). The highest BCUT2D eigenvalue weighted by molar-refractivity contribution is 7.92. The lowest BCUT2D eigenvalue weighted by molar-refractivity contribution is -0.140. The molecule has 14 heteroatoms. The number of halogens is 6. The number of aryl methyl sites for hydroxylation is 1. The van der Waals surface area contributed by atoms with Crippen LogP contribution in [0.15, 0.2) is 95.9 Å². The van der Waals surface area contributed by atoms with E-state index in [1.54, 1.807) is 55.5 Å². The molecule has 0 saturated heterocycles. The molecule has 0 unspecified atom stereocenters. The minimum Gasteiger partial charge on any atom is -0.354 e. The number of sulfonamides is 1. The minimum atomic E-state index is -4.93. The second-order valence-electron chi connectivity index (χ2n) is 11.2. The number of carbonyl (C=O) groups is 2. The maximum atomic E-state index is 14.6. The zero-order valence-electron chi connectivity index (χ0n) is 26.5. The van der Waals surface area contributed by atoms with Gasteiger partial charge < -0.3 is 10.2 Å². The summed E-state index contributed by atoms with van der Waals surface area (Å²) in [6, 6.07) is 20.6. The van der Waals surface area contributed by atoms with Crippen molar-refractivity contribution in [1.29, 1.82) is 0 Å². The Morgan fingerprint density at radius 3 is 2.08 bits per heavy atom. The Hall–Kier alpha value is -3.77. The summed E-state index contributed by atoms with van der Waals surface area (Å²) < 4.78 is 70.8. The molecule has 0 radical (unpaired) electrons. The number of nitrogens with zero attached hydrogens (tertiary/aromatic N) is 2. The van der Waals surface area contributed by atoms with Crippen LogP contribution in [0.3, 0.4) is 0 Å². The molecule has 0 aliphatic carbocycles. The van der Waals surface area contributed by atoms with Crippen molar-refractivity contribution in [3.05, 3.63) is 128 Å². The standard InChI is InChI=1S/C35H33Cl3F3N3O4S/c1-3-18-42-34(46)32(19-24-8-5-4-6-9-24)43(21-27-29(36)10-7-11-30(27)37)33(45)22-44(49(47,48)26-15-12-23(2)13-16-26)25-14-17-31(38)28(20-25)35(39,40)41/h4-17,20,32H,3,18-19,21-22H2,1-2H3,(H,42,46)/t32-/m1/s1. The molecule has 0 aromatic heterocycles. The van der Waals surface area contributed by atoms with E-state index in [9.17, 15) is 31.2 Å². The van der Waals surface area contributed by atoms with Crippen molar-refractivity contribution in [2.24, 2.45) is 0 Å². The highest BCUT2D eigenvalue weighted by atomic mass is 35.5. The Morgan fingerprint density at radius 1 is 0.857 bits per heavy atom. The van der Waals surface area contributed by atoms with Gasteiger partial charge in [0.05, 0.1) is 21.2 Å². The van der Waals surface area contributed by atoms with Crippen molar-refractivity contribution in [2.45, 2.75) is 50.3 Å². The van der Waals surface area contributed by atoms with Gasteiger partial charge in [-0.15, -0.1) is 0 Å². The van der Waals surface area contributed by atoms with Crippen LogP contribution in [0.5, 0.6) is 0 Å². The molecular weight excluding hydrogens is 722 g/mol. The summed E-state index contributed by atoms with van der Waals surface area (Å²) in [6.07, 6.45) is -4.32. The highest BCUT2D eigenvalue weighted by Gasteiger charge is 2.38. The summed E-state index contributed by atoms with van der Waals surface area (Å²) in [5.74, 6) is -1.43. The number of anilines is 1. The van der Waals surface area contributed by atoms with Crippen LogP contribution in [0.1, 0.15) is 35.6 Å². The molecule has 0 bridgehead atoms. The first kappa shape index (κ1) is 38.0. The van der Waals surface area contributed by atoms with Crippen LogP contribution >= 0.6 is 34.8 Å². The average molecular weight is 755 g/mol. The van der Waals surface area contributed by atoms with Gasteiger partial charge in [0.1, 0.15) is 12.6 Å². The number of nitrogens with one attached hydrogen (secondary N) is 1. The summed E-state index contributed by atoms with van der Waals surface area (Å²) in [6.45, 7) is 2.58. The maximum absolute atomic E-state index is 14.6. The Morgan fingerprint density at radius 2 is 1.49 bits per heavy atom. The molecule has 0 aliphatic rings. The third kappa shape index (κ3) is 9.48. The molecule has 4 aromatic rings. The predicted octanol–water partition coefficient (Wildman–Crippen LogP) is 8.34. The zero-order chi connectivity index (χ0) is 35.9. The van der Waals surface area contributed by atoms with Crippen LogP contribution in [-0.4, -0.2) is 44.3 Å². The van der Waals surface area contributed by atoms with E-state index in [1.165, 1.54) is 24.3 Å². The SMILES string of the molecule is CCCNC(=O)[C@@H](Cc1ccccc1)N(Cc1c(Cl)cccc1Cl)C(=O)CN(c1ccc(Cl)c(C(F)(F)F)c1)S(=O)(=O)c1ccc(C)cc1. The lowest BCUT2D eigenvalue weighted by atomic mass is 10.0. The Labute approximate surface area is 298 Å². The summed E-state index contributed by atoms with van der Waals surface area (Å²) in [5.41, 5.74) is -0.0319. The van der Waals surface area contributed by atoms with Gasteiger partial charge in [-0.1, -0.05) is 95.8 Å². The molecular formula is C35H33Cl3F3N3O4S. The highest BCUT2D eigenvalue weighted by Crippen LogP contribution is 2.38. The number of rotatable bonds is 13. The average Bonchev–Trinajstić information content (AvgIpc) is 3.05. The van der Waals surface area contributed by atoms with E-state index in [-0.39, 0.29) is 34.5 Å². The third-order valence-corrected chi connectivity index (χ3v) is 10.5. The number of carbonyl (C=O) groups excluding carboxylic acids is 2. The van der Waals surface area contributed by atoms with Crippen molar-refractivity contribution in [1.82, 2.24) is 10.2 Å². The summed E-state index contributed by atoms with van der Waals surface area (Å²) >= 11 is 18.9. The van der Waals surface area contributed by atoms with Gasteiger partial charge in [0.15, 0.2) is 0 Å². The molecule has 49 heavy (non-hydrogen) atoms. The van der Waals surface area contributed by atoms with Crippen molar-refractivity contribution in [3.63, 3.8) is 0 Å². The Bertz CT molecular complexity index is 1870. The largest absolute Gasteiger partial charge is 0.417 e. The molecule has 7 nitrogen and oxygen atoms in total. The van der Waals surface area contributed by atoms with Gasteiger partial charge >= 0.3 is 6.18 Å². The molecule has 0 heterocycles. The topological polar surface area (TPSA) is 86.8 Å². The fraction of sp³-hybridized carbons (Fsp3) is 0.257. The van der Waals surface area contributed by atoms with Gasteiger partial charge in [-0.2, -0.15) is 13.2 Å². The van der Waals surface area contributed by atoms with Crippen molar-refractivity contribution >= 4 is 62.3 Å². The van der Waals surface area contributed by atoms with Gasteiger partial charge in [0, 0.05) is 35.1 Å². The van der Waals surface area contributed by atoms with Crippen LogP contribution in [0.4, 0.5) is 18.9 Å². The van der Waals surface area contributed by atoms with E-state index in [4.69, 9.17) is 34.8 Å². The van der Waals surface area contributed by atoms with E-state index in [0.29, 0.717) is 27.9 Å². The Kier molecular flexibility index (Phi) is 12.6. The lowest BCUT2D eigenvalue weighted by Gasteiger charge is -2.34. The molecule has 260 valence electrons. The molecule has 1 atom stereocenters. The number of alkyl halides is 3. The van der Waals surface area contributed by atoms with Gasteiger partial charge in [0.2, 0.25) is 11.8 Å². The number of amides is 2. The molecule has 0 saturated carbocycles. The summed E-state index contributed by atoms with van der Waals surface area (Å²) in [7, 11) is -4.66. The minimum absolute atomic E-state index is 0.0219. The van der Waals surface area contributed by atoms with E-state index < -0.39 is 56.9 Å². The van der Waals surface area contributed by atoms with Crippen LogP contribution in [0, 0.1) is 6.92 Å². The maximum Gasteiger partial charge on any atom is 0.417 e. The molecule has 4 aromatic carbocycles. The van der Waals surface area contributed by atoms with Crippen LogP contribution in [-0.2, 0) is 38.8 Å². The molecule has 0 fully saturated rings. The van der Waals surface area contributed by atoms with Crippen LogP contribution < -0.4 is 9.62 Å². The quantitative estimate of drug-likeness (QED) is 0.149. The summed E-state index contributed by atoms with van der Waals surface area (Å²) in [5, 5.41) is 2.54. The molecule has 0 aliphatic heterocycles. The van der Waals surface area contributed by atoms with Crippen LogP contribution in [0.25, 0.3) is 0 Å². The number of benzene rings is 4. The lowest BCUT2D eigenvalue weighted by Crippen LogP contribution is -2.53. The van der Waals surface area contributed by atoms with Gasteiger partial charge in [-0.3, -0.25) is 13.9 Å². The van der Waals surface area contributed by atoms with Crippen molar-refractivity contribution in [2.75, 3.05) is 17.4 Å². The van der Waals surface area contributed by atoms with Crippen molar-refractivity contribution in [3.8, 4) is 0 Å². The fourth-order valence-electron chi connectivity index (χ4n) is 5.03. The normalized spacial score (nSPS) is 12.3. The van der Waals surface area contributed by atoms with Gasteiger partial charge in [-0.05, 0) is 61.4 Å². The molecule has 0 spiro atoms. The molecule has 1 N–H and O–H groups in total. The van der Waals surface area contributed by atoms with E-state index in [1.807, 2.05) is 6.92 Å². The number of hydrogen-bond acceptors (Lipinski definition) is 4. The second kappa shape index (κ2) is 16.3. The van der Waals surface area contributed by atoms with Crippen molar-refractivity contribution < 1.29 is 31.2 Å². The Balaban J connectivity index is 1.89. The van der Waals surface area contributed by atoms with E-state index >= 15 is 0 Å². The first-order chi connectivity index (χ1) is 23.1. The predicted molar refractivity (Wildman–Crippen MR) is 186 cm³/mol. The second-order valence-corrected chi connectivity index (χ2v) is 14.3. The zero-order valence-corrected chi connectivity index (χ0v) is 29.6. The van der Waals surface area contributed by atoms with Gasteiger partial charge in [-0.25, -0.2) is 8.42 Å². The van der Waals surface area contributed by atoms with Gasteiger partial charge in [0.25, 0.3) is 10.0 Å².